The highest BCUT2D eigenvalue weighted by Gasteiger charge is 2.20. The van der Waals surface area contributed by atoms with E-state index in [2.05, 4.69) is 26.3 Å². The molecule has 0 saturated heterocycles. The van der Waals surface area contributed by atoms with Crippen molar-refractivity contribution < 1.29 is 9.59 Å². The molecule has 1 aromatic carbocycles. The smallest absolute Gasteiger partial charge is 0.248 e. The number of nitrogens with zero attached hydrogens (tertiary/aromatic N) is 2. The molecule has 0 aliphatic carbocycles. The first-order valence-electron chi connectivity index (χ1n) is 6.94. The summed E-state index contributed by atoms with van der Waals surface area (Å²) in [4.78, 5) is 23.6. The summed E-state index contributed by atoms with van der Waals surface area (Å²) >= 11 is 3.46. The monoisotopic (exact) mass is 363 g/mol. The van der Waals surface area contributed by atoms with Crippen LogP contribution in [0.25, 0.3) is 0 Å². The summed E-state index contributed by atoms with van der Waals surface area (Å²) in [7, 11) is 0. The fourth-order valence-electron chi connectivity index (χ4n) is 2.17. The molecule has 0 spiro atoms. The molecule has 6 heteroatoms. The van der Waals surface area contributed by atoms with E-state index in [-0.39, 0.29) is 11.7 Å². The second-order valence-electron chi connectivity index (χ2n) is 5.23. The minimum atomic E-state index is -0.433. The van der Waals surface area contributed by atoms with Crippen LogP contribution in [0.15, 0.2) is 28.7 Å². The van der Waals surface area contributed by atoms with Crippen molar-refractivity contribution in [1.29, 1.82) is 0 Å². The van der Waals surface area contributed by atoms with E-state index in [0.29, 0.717) is 11.3 Å². The Morgan fingerprint density at radius 3 is 2.27 bits per heavy atom. The fourth-order valence-corrected chi connectivity index (χ4v) is 2.43. The molecule has 1 aromatic heterocycles. The molecule has 5 nitrogen and oxygen atoms in total. The van der Waals surface area contributed by atoms with Crippen molar-refractivity contribution in [3.05, 3.63) is 45.7 Å². The van der Waals surface area contributed by atoms with Gasteiger partial charge in [0.25, 0.3) is 0 Å². The van der Waals surface area contributed by atoms with E-state index in [9.17, 15) is 9.59 Å². The van der Waals surface area contributed by atoms with Crippen LogP contribution in [0.1, 0.15) is 41.6 Å². The number of ketones is 1. The average molecular weight is 364 g/mol. The van der Waals surface area contributed by atoms with E-state index in [1.807, 2.05) is 13.8 Å². The number of anilines is 1. The predicted octanol–water partition coefficient (Wildman–Crippen LogP) is 3.66. The average Bonchev–Trinajstić information content (AvgIpc) is 2.74. The molecule has 2 rings (SSSR count). The van der Waals surface area contributed by atoms with Crippen molar-refractivity contribution in [1.82, 2.24) is 9.78 Å². The number of halogens is 1. The zero-order valence-electron chi connectivity index (χ0n) is 13.0. The molecule has 0 aliphatic heterocycles. The minimum Gasteiger partial charge on any atom is -0.324 e. The number of rotatable bonds is 4. The number of carbonyl (C=O) groups excluding carboxylic acids is 2. The number of aryl methyl sites for hydroxylation is 1. The number of nitrogens with one attached hydrogen (secondary N) is 1. The van der Waals surface area contributed by atoms with Gasteiger partial charge in [-0.1, -0.05) is 0 Å². The van der Waals surface area contributed by atoms with Crippen LogP contribution in [0.3, 0.4) is 0 Å². The maximum absolute atomic E-state index is 12.4. The summed E-state index contributed by atoms with van der Waals surface area (Å²) in [6, 6.07) is 6.40. The predicted molar refractivity (Wildman–Crippen MR) is 89.2 cm³/mol. The lowest BCUT2D eigenvalue weighted by Gasteiger charge is -2.14. The van der Waals surface area contributed by atoms with Crippen LogP contribution in [-0.2, 0) is 4.79 Å². The quantitative estimate of drug-likeness (QED) is 0.842. The molecule has 0 bridgehead atoms. The van der Waals surface area contributed by atoms with Crippen LogP contribution in [0, 0.1) is 13.8 Å². The zero-order chi connectivity index (χ0) is 16.4. The molecule has 0 aliphatic rings. The van der Waals surface area contributed by atoms with Crippen LogP contribution >= 0.6 is 15.9 Å². The van der Waals surface area contributed by atoms with Gasteiger partial charge in [0.1, 0.15) is 6.04 Å². The Kier molecular flexibility index (Phi) is 4.81. The summed E-state index contributed by atoms with van der Waals surface area (Å²) in [6.45, 7) is 7.11. The standard InChI is InChI=1S/C16H18BrN3O2/c1-9-15(17)10(2)20(19-9)11(3)16(22)18-14-7-5-13(6-8-14)12(4)21/h5-8,11H,1-4H3,(H,18,22). The lowest BCUT2D eigenvalue weighted by molar-refractivity contribution is -0.119. The molecular formula is C16H18BrN3O2. The van der Waals surface area contributed by atoms with E-state index >= 15 is 0 Å². The summed E-state index contributed by atoms with van der Waals surface area (Å²) in [5.41, 5.74) is 3.03. The van der Waals surface area contributed by atoms with E-state index in [4.69, 9.17) is 0 Å². The Hall–Kier alpha value is -1.95. The number of hydrogen-bond acceptors (Lipinski definition) is 3. The summed E-state index contributed by atoms with van der Waals surface area (Å²) in [5.74, 6) is -0.160. The Bertz CT molecular complexity index is 720. The van der Waals surface area contributed by atoms with Crippen molar-refractivity contribution >= 4 is 33.3 Å². The van der Waals surface area contributed by atoms with Crippen LogP contribution in [0.4, 0.5) is 5.69 Å². The lowest BCUT2D eigenvalue weighted by atomic mass is 10.1. The fraction of sp³-hybridized carbons (Fsp3) is 0.312. The topological polar surface area (TPSA) is 64.0 Å². The van der Waals surface area contributed by atoms with Crippen LogP contribution in [-0.4, -0.2) is 21.5 Å². The molecule has 2 aromatic rings. The lowest BCUT2D eigenvalue weighted by Crippen LogP contribution is -2.25. The number of Topliss-reactive ketones (excluding diaryl/α,β-unsaturated/α-hetero) is 1. The maximum Gasteiger partial charge on any atom is 0.248 e. The van der Waals surface area contributed by atoms with Crippen molar-refractivity contribution in [3.8, 4) is 0 Å². The number of benzene rings is 1. The highest BCUT2D eigenvalue weighted by molar-refractivity contribution is 9.10. The third kappa shape index (κ3) is 3.27. The van der Waals surface area contributed by atoms with Crippen LogP contribution in [0.5, 0.6) is 0 Å². The molecule has 1 amide bonds. The molecule has 1 atom stereocenters. The normalized spacial score (nSPS) is 12.0. The van der Waals surface area contributed by atoms with E-state index in [1.54, 1.807) is 35.9 Å². The second kappa shape index (κ2) is 6.44. The summed E-state index contributed by atoms with van der Waals surface area (Å²) < 4.78 is 2.61. The van der Waals surface area contributed by atoms with Gasteiger partial charge in [-0.25, -0.2) is 0 Å². The van der Waals surface area contributed by atoms with Gasteiger partial charge in [-0.15, -0.1) is 0 Å². The number of aromatic nitrogens is 2. The number of hydrogen-bond donors (Lipinski definition) is 1. The van der Waals surface area contributed by atoms with E-state index < -0.39 is 6.04 Å². The summed E-state index contributed by atoms with van der Waals surface area (Å²) in [5, 5.41) is 7.21. The number of carbonyl (C=O) groups is 2. The molecule has 116 valence electrons. The Morgan fingerprint density at radius 1 is 1.23 bits per heavy atom. The highest BCUT2D eigenvalue weighted by Crippen LogP contribution is 2.23. The summed E-state index contributed by atoms with van der Waals surface area (Å²) in [6.07, 6.45) is 0. The molecule has 1 heterocycles. The van der Waals surface area contributed by atoms with Gasteiger partial charge in [0, 0.05) is 11.3 Å². The van der Waals surface area contributed by atoms with Gasteiger partial charge in [0.15, 0.2) is 5.78 Å². The van der Waals surface area contributed by atoms with Crippen molar-refractivity contribution in [2.75, 3.05) is 5.32 Å². The van der Waals surface area contributed by atoms with Crippen LogP contribution in [0.2, 0.25) is 0 Å². The Labute approximate surface area is 137 Å². The second-order valence-corrected chi connectivity index (χ2v) is 6.02. The highest BCUT2D eigenvalue weighted by atomic mass is 79.9. The third-order valence-corrected chi connectivity index (χ3v) is 4.69. The number of amides is 1. The Morgan fingerprint density at radius 2 is 1.82 bits per heavy atom. The van der Waals surface area contributed by atoms with Crippen molar-refractivity contribution in [2.24, 2.45) is 0 Å². The van der Waals surface area contributed by atoms with Gasteiger partial charge in [-0.3, -0.25) is 14.3 Å². The molecular weight excluding hydrogens is 346 g/mol. The molecule has 1 unspecified atom stereocenters. The van der Waals surface area contributed by atoms with Gasteiger partial charge < -0.3 is 5.32 Å². The molecule has 0 fully saturated rings. The Balaban J connectivity index is 2.14. The van der Waals surface area contributed by atoms with Gasteiger partial charge in [0.05, 0.1) is 15.9 Å². The zero-order valence-corrected chi connectivity index (χ0v) is 14.6. The van der Waals surface area contributed by atoms with Crippen molar-refractivity contribution in [3.63, 3.8) is 0 Å². The van der Waals surface area contributed by atoms with Gasteiger partial charge in [-0.2, -0.15) is 5.10 Å². The first-order valence-corrected chi connectivity index (χ1v) is 7.73. The SMILES string of the molecule is CC(=O)c1ccc(NC(=O)C(C)n2nc(C)c(Br)c2C)cc1. The van der Waals surface area contributed by atoms with Gasteiger partial charge in [-0.05, 0) is 67.9 Å². The van der Waals surface area contributed by atoms with Crippen LogP contribution < -0.4 is 5.32 Å². The largest absolute Gasteiger partial charge is 0.324 e. The van der Waals surface area contributed by atoms with Crippen molar-refractivity contribution in [2.45, 2.75) is 33.7 Å². The third-order valence-electron chi connectivity index (χ3n) is 3.54. The first-order chi connectivity index (χ1) is 10.3. The van der Waals surface area contributed by atoms with E-state index in [1.165, 1.54) is 6.92 Å². The molecule has 0 radical (unpaired) electrons. The molecule has 1 N–H and O–H groups in total. The maximum atomic E-state index is 12.4. The minimum absolute atomic E-state index is 0.00117. The first kappa shape index (κ1) is 16.4. The van der Waals surface area contributed by atoms with E-state index in [0.717, 1.165) is 15.9 Å². The van der Waals surface area contributed by atoms with Gasteiger partial charge in [0.2, 0.25) is 5.91 Å². The molecule has 22 heavy (non-hydrogen) atoms. The molecule has 0 saturated carbocycles. The van der Waals surface area contributed by atoms with Gasteiger partial charge >= 0.3 is 0 Å².